The van der Waals surface area contributed by atoms with E-state index in [1.165, 1.54) is 19.2 Å². The number of carbonyl (C=O) groups excluding carboxylic acids is 1. The second kappa shape index (κ2) is 4.30. The average Bonchev–Trinajstić information content (AvgIpc) is 2.16. The van der Waals surface area contributed by atoms with Crippen LogP contribution in [0.25, 0.3) is 0 Å². The van der Waals surface area contributed by atoms with Gasteiger partial charge in [-0.15, -0.1) is 0 Å². The van der Waals surface area contributed by atoms with Gasteiger partial charge in [0.2, 0.25) is 0 Å². The van der Waals surface area contributed by atoms with Crippen molar-refractivity contribution < 1.29 is 14.6 Å². The van der Waals surface area contributed by atoms with Gasteiger partial charge >= 0.3 is 13.5 Å². The fraction of sp³-hybridized carbons (Fsp3) is 0.125. The lowest BCUT2D eigenvalue weighted by atomic mass is 9.84. The van der Waals surface area contributed by atoms with Crippen LogP contribution in [0.5, 0.6) is 0 Å². The molecule has 0 atom stereocenters. The molecule has 0 unspecified atom stereocenters. The van der Waals surface area contributed by atoms with Crippen LogP contribution >= 0.6 is 11.6 Å². The van der Waals surface area contributed by atoms with Crippen LogP contribution in [0.4, 0.5) is 0 Å². The number of methoxy groups -OCH3 is 1. The van der Waals surface area contributed by atoms with Crippen molar-refractivity contribution in [1.82, 2.24) is 0 Å². The summed E-state index contributed by atoms with van der Waals surface area (Å²) in [4.78, 5) is 11.1. The maximum Gasteiger partial charge on any atom is 0.337 e. The zero-order valence-corrected chi connectivity index (χ0v) is 7.71. The minimum atomic E-state index is -0.525. The average molecular weight is 197 g/mol. The number of benzene rings is 1. The van der Waals surface area contributed by atoms with Gasteiger partial charge in [0.05, 0.1) is 12.7 Å². The zero-order chi connectivity index (χ0) is 9.84. The van der Waals surface area contributed by atoms with E-state index in [-0.39, 0.29) is 5.56 Å². The lowest BCUT2D eigenvalue weighted by Crippen LogP contribution is -2.23. The van der Waals surface area contributed by atoms with E-state index >= 15 is 0 Å². The summed E-state index contributed by atoms with van der Waals surface area (Å²) < 4.78 is 4.51. The monoisotopic (exact) mass is 197 g/mol. The third kappa shape index (κ3) is 2.23. The first-order chi connectivity index (χ1) is 6.19. The van der Waals surface area contributed by atoms with Crippen LogP contribution in [0.3, 0.4) is 0 Å². The molecule has 0 bridgehead atoms. The molecule has 1 radical (unpaired) electrons. The predicted octanol–water partition coefficient (Wildman–Crippen LogP) is 0.363. The van der Waals surface area contributed by atoms with E-state index in [0.29, 0.717) is 10.5 Å². The predicted molar refractivity (Wildman–Crippen MR) is 50.4 cm³/mol. The highest BCUT2D eigenvalue weighted by Gasteiger charge is 2.12. The van der Waals surface area contributed by atoms with E-state index in [0.717, 1.165) is 7.48 Å². The van der Waals surface area contributed by atoms with Crippen molar-refractivity contribution in [3.63, 3.8) is 0 Å². The summed E-state index contributed by atoms with van der Waals surface area (Å²) in [6.45, 7) is 0. The maximum absolute atomic E-state index is 11.1. The molecule has 0 aliphatic heterocycles. The van der Waals surface area contributed by atoms with Gasteiger partial charge in [0.15, 0.2) is 0 Å². The van der Waals surface area contributed by atoms with Crippen LogP contribution in [-0.4, -0.2) is 25.6 Å². The van der Waals surface area contributed by atoms with Gasteiger partial charge in [-0.05, 0) is 17.6 Å². The van der Waals surface area contributed by atoms with Crippen molar-refractivity contribution in [1.29, 1.82) is 0 Å². The number of carbonyl (C=O) groups is 1. The summed E-state index contributed by atoms with van der Waals surface area (Å²) in [5, 5.41) is 9.20. The number of hydrogen-bond acceptors (Lipinski definition) is 3. The Morgan fingerprint density at radius 3 is 2.85 bits per heavy atom. The van der Waals surface area contributed by atoms with E-state index in [2.05, 4.69) is 4.74 Å². The molecule has 1 aromatic rings. The van der Waals surface area contributed by atoms with Gasteiger partial charge in [-0.25, -0.2) is 4.79 Å². The quantitative estimate of drug-likeness (QED) is 0.550. The van der Waals surface area contributed by atoms with Gasteiger partial charge in [-0.2, -0.15) is 0 Å². The van der Waals surface area contributed by atoms with Gasteiger partial charge in [0.25, 0.3) is 0 Å². The molecule has 1 rings (SSSR count). The van der Waals surface area contributed by atoms with Crippen molar-refractivity contribution in [3.8, 4) is 0 Å². The Balaban J connectivity index is 3.15. The highest BCUT2D eigenvalue weighted by molar-refractivity contribution is 6.48. The van der Waals surface area contributed by atoms with Crippen LogP contribution in [0.15, 0.2) is 18.2 Å². The van der Waals surface area contributed by atoms with Crippen LogP contribution in [0.2, 0.25) is 5.02 Å². The maximum atomic E-state index is 11.1. The number of halogens is 1. The van der Waals surface area contributed by atoms with E-state index in [1.807, 2.05) is 0 Å². The van der Waals surface area contributed by atoms with Gasteiger partial charge in [0.1, 0.15) is 0 Å². The van der Waals surface area contributed by atoms with Gasteiger partial charge in [-0.1, -0.05) is 17.7 Å². The molecule has 1 N–H and O–H groups in total. The van der Waals surface area contributed by atoms with Crippen LogP contribution in [-0.2, 0) is 4.74 Å². The van der Waals surface area contributed by atoms with Crippen molar-refractivity contribution in [2.45, 2.75) is 0 Å². The normalized spacial score (nSPS) is 9.46. The van der Waals surface area contributed by atoms with E-state index in [4.69, 9.17) is 16.6 Å². The number of ether oxygens (including phenoxy) is 1. The highest BCUT2D eigenvalue weighted by atomic mass is 35.5. The second-order valence-electron chi connectivity index (χ2n) is 2.35. The van der Waals surface area contributed by atoms with E-state index < -0.39 is 5.97 Å². The molecule has 0 amide bonds. The summed E-state index contributed by atoms with van der Waals surface area (Å²) in [6.07, 6.45) is 0. The molecule has 0 heterocycles. The van der Waals surface area contributed by atoms with Crippen molar-refractivity contribution >= 4 is 30.5 Å². The Labute approximate surface area is 81.6 Å². The SMILES string of the molecule is COC(=O)c1cc(Cl)ccc1[B]O. The van der Waals surface area contributed by atoms with E-state index in [1.54, 1.807) is 6.07 Å². The van der Waals surface area contributed by atoms with Gasteiger partial charge in [-0.3, -0.25) is 0 Å². The smallest absolute Gasteiger partial charge is 0.337 e. The largest absolute Gasteiger partial charge is 0.465 e. The van der Waals surface area contributed by atoms with Crippen molar-refractivity contribution in [2.75, 3.05) is 7.11 Å². The first kappa shape index (κ1) is 10.1. The molecule has 0 saturated heterocycles. The van der Waals surface area contributed by atoms with Crippen LogP contribution < -0.4 is 5.46 Å². The summed E-state index contributed by atoms with van der Waals surface area (Å²) in [5.74, 6) is -0.525. The van der Waals surface area contributed by atoms with Gasteiger partial charge < -0.3 is 9.76 Å². The molecule has 0 saturated carbocycles. The molecule has 1 aromatic carbocycles. The first-order valence-corrected chi connectivity index (χ1v) is 3.92. The van der Waals surface area contributed by atoms with E-state index in [9.17, 15) is 4.79 Å². The van der Waals surface area contributed by atoms with Crippen LogP contribution in [0.1, 0.15) is 10.4 Å². The third-order valence-electron chi connectivity index (χ3n) is 1.56. The number of rotatable bonds is 2. The lowest BCUT2D eigenvalue weighted by Gasteiger charge is -2.04. The number of hydrogen-bond donors (Lipinski definition) is 1. The summed E-state index contributed by atoms with van der Waals surface area (Å²) in [7, 11) is 2.10. The third-order valence-corrected chi connectivity index (χ3v) is 1.79. The molecule has 3 nitrogen and oxygen atoms in total. The fourth-order valence-electron chi connectivity index (χ4n) is 0.928. The zero-order valence-electron chi connectivity index (χ0n) is 6.95. The Morgan fingerprint density at radius 1 is 1.62 bits per heavy atom. The number of esters is 1. The van der Waals surface area contributed by atoms with Crippen molar-refractivity contribution in [2.24, 2.45) is 0 Å². The second-order valence-corrected chi connectivity index (χ2v) is 2.79. The minimum Gasteiger partial charge on any atom is -0.465 e. The van der Waals surface area contributed by atoms with Crippen molar-refractivity contribution in [3.05, 3.63) is 28.8 Å². The molecule has 0 aromatic heterocycles. The molecule has 0 aliphatic carbocycles. The Kier molecular flexibility index (Phi) is 3.34. The van der Waals surface area contributed by atoms with Gasteiger partial charge in [0, 0.05) is 5.02 Å². The highest BCUT2D eigenvalue weighted by Crippen LogP contribution is 2.09. The summed E-state index contributed by atoms with van der Waals surface area (Å²) in [6, 6.07) is 4.56. The Morgan fingerprint density at radius 2 is 2.31 bits per heavy atom. The molecule has 0 spiro atoms. The van der Waals surface area contributed by atoms with Crippen LogP contribution in [0, 0.1) is 0 Å². The molecular weight excluding hydrogens is 190 g/mol. The topological polar surface area (TPSA) is 46.5 Å². The fourth-order valence-corrected chi connectivity index (χ4v) is 1.10. The molecule has 13 heavy (non-hydrogen) atoms. The Bertz CT molecular complexity index is 327. The summed E-state index contributed by atoms with van der Waals surface area (Å²) in [5.41, 5.74) is 0.633. The molecule has 67 valence electrons. The summed E-state index contributed by atoms with van der Waals surface area (Å²) >= 11 is 5.67. The molecule has 5 heteroatoms. The standard InChI is InChI=1S/C8H7BClO3/c1-13-8(11)6-4-5(10)2-3-7(6)9-12/h2-4,12H,1H3. The lowest BCUT2D eigenvalue weighted by molar-refractivity contribution is 0.0602. The first-order valence-electron chi connectivity index (χ1n) is 3.54. The Hall–Kier alpha value is -0.995. The molecule has 0 fully saturated rings. The molecule has 0 aliphatic rings. The molecular formula is C8H7BClO3. The minimum absolute atomic E-state index is 0.248.